The minimum absolute atomic E-state index is 0.173. The van der Waals surface area contributed by atoms with Crippen molar-refractivity contribution < 1.29 is 19.8 Å². The van der Waals surface area contributed by atoms with Gasteiger partial charge in [-0.1, -0.05) is 24.3 Å². The maximum Gasteiger partial charge on any atom is 0.326 e. The first-order valence-corrected chi connectivity index (χ1v) is 8.92. The van der Waals surface area contributed by atoms with E-state index < -0.39 is 18.1 Å². The second-order valence-corrected chi connectivity index (χ2v) is 7.16. The number of phenolic OH excluding ortho intramolecular Hbond substituents is 1. The minimum atomic E-state index is -1.03. The Kier molecular flexibility index (Phi) is 5.19. The van der Waals surface area contributed by atoms with Crippen molar-refractivity contribution in [1.29, 1.82) is 0 Å². The van der Waals surface area contributed by atoms with Crippen LogP contribution in [0.3, 0.4) is 0 Å². The summed E-state index contributed by atoms with van der Waals surface area (Å²) in [5.41, 5.74) is 10.7. The van der Waals surface area contributed by atoms with E-state index in [4.69, 9.17) is 5.73 Å². The van der Waals surface area contributed by atoms with Gasteiger partial charge in [-0.05, 0) is 60.2 Å². The number of rotatable bonds is 4. The average molecular weight is 368 g/mol. The Labute approximate surface area is 158 Å². The van der Waals surface area contributed by atoms with Gasteiger partial charge >= 0.3 is 5.97 Å². The van der Waals surface area contributed by atoms with Gasteiger partial charge in [0.1, 0.15) is 11.8 Å². The standard InChI is InChI=1S/C21H24N2O4/c1-12-7-16(24)8-13(2)17(12)10-18(22)20(25)23-11-15-6-4-3-5-14(15)9-19(23)21(26)27/h3-8,18-19,24H,9-11,22H2,1-2H3,(H,26,27)/t18?,19-/m0/s1. The third-order valence-corrected chi connectivity index (χ3v) is 5.24. The molecule has 1 aliphatic rings. The van der Waals surface area contributed by atoms with Crippen LogP contribution in [0.1, 0.15) is 27.8 Å². The third kappa shape index (κ3) is 3.80. The summed E-state index contributed by atoms with van der Waals surface area (Å²) >= 11 is 0. The van der Waals surface area contributed by atoms with E-state index in [2.05, 4.69) is 0 Å². The fourth-order valence-corrected chi connectivity index (χ4v) is 3.79. The number of amides is 1. The quantitative estimate of drug-likeness (QED) is 0.765. The Morgan fingerprint density at radius 1 is 1.19 bits per heavy atom. The van der Waals surface area contributed by atoms with E-state index in [0.29, 0.717) is 6.42 Å². The number of phenols is 1. The number of nitrogens with two attached hydrogens (primary N) is 1. The highest BCUT2D eigenvalue weighted by atomic mass is 16.4. The van der Waals surface area contributed by atoms with Crippen molar-refractivity contribution in [3.63, 3.8) is 0 Å². The lowest BCUT2D eigenvalue weighted by Gasteiger charge is -2.36. The van der Waals surface area contributed by atoms with Crippen LogP contribution in [-0.4, -0.2) is 39.1 Å². The van der Waals surface area contributed by atoms with Crippen LogP contribution in [0.25, 0.3) is 0 Å². The number of fused-ring (bicyclic) bond motifs is 1. The minimum Gasteiger partial charge on any atom is -0.508 e. The number of aliphatic carboxylic acids is 1. The number of benzene rings is 2. The maximum atomic E-state index is 13.0. The summed E-state index contributed by atoms with van der Waals surface area (Å²) in [7, 11) is 0. The van der Waals surface area contributed by atoms with Gasteiger partial charge in [0.25, 0.3) is 0 Å². The zero-order valence-corrected chi connectivity index (χ0v) is 15.5. The molecule has 0 saturated carbocycles. The lowest BCUT2D eigenvalue weighted by atomic mass is 9.92. The van der Waals surface area contributed by atoms with Crippen molar-refractivity contribution in [3.05, 3.63) is 64.2 Å². The molecule has 6 heteroatoms. The smallest absolute Gasteiger partial charge is 0.326 e. The molecule has 0 bridgehead atoms. The van der Waals surface area contributed by atoms with Gasteiger partial charge < -0.3 is 20.8 Å². The Balaban J connectivity index is 1.84. The molecule has 0 aromatic heterocycles. The molecule has 0 aliphatic carbocycles. The molecule has 4 N–H and O–H groups in total. The molecule has 142 valence electrons. The maximum absolute atomic E-state index is 13.0. The molecule has 1 aliphatic heterocycles. The van der Waals surface area contributed by atoms with Crippen LogP contribution in [-0.2, 0) is 29.0 Å². The summed E-state index contributed by atoms with van der Waals surface area (Å²) in [6.07, 6.45) is 0.572. The average Bonchev–Trinajstić information content (AvgIpc) is 2.62. The number of carboxylic acid groups (broad SMARTS) is 1. The van der Waals surface area contributed by atoms with Gasteiger partial charge in [-0.3, -0.25) is 4.79 Å². The zero-order valence-electron chi connectivity index (χ0n) is 15.5. The second kappa shape index (κ2) is 7.40. The summed E-state index contributed by atoms with van der Waals surface area (Å²) in [5, 5.41) is 19.3. The molecule has 0 radical (unpaired) electrons. The first-order chi connectivity index (χ1) is 12.8. The normalized spacial score (nSPS) is 17.3. The number of aryl methyl sites for hydroxylation is 2. The molecule has 27 heavy (non-hydrogen) atoms. The number of carbonyl (C=O) groups excluding carboxylic acids is 1. The van der Waals surface area contributed by atoms with E-state index in [1.54, 1.807) is 12.1 Å². The summed E-state index contributed by atoms with van der Waals surface area (Å²) in [6.45, 7) is 3.96. The van der Waals surface area contributed by atoms with Gasteiger partial charge in [0.05, 0.1) is 6.04 Å². The molecule has 0 saturated heterocycles. The van der Waals surface area contributed by atoms with E-state index in [-0.39, 0.29) is 24.6 Å². The first-order valence-electron chi connectivity index (χ1n) is 8.92. The topological polar surface area (TPSA) is 104 Å². The number of hydrogen-bond donors (Lipinski definition) is 3. The van der Waals surface area contributed by atoms with Crippen LogP contribution in [0.2, 0.25) is 0 Å². The molecule has 2 atom stereocenters. The zero-order chi connectivity index (χ0) is 19.7. The highest BCUT2D eigenvalue weighted by Crippen LogP contribution is 2.26. The van der Waals surface area contributed by atoms with Crippen LogP contribution in [0.4, 0.5) is 0 Å². The van der Waals surface area contributed by atoms with Crippen LogP contribution >= 0.6 is 0 Å². The molecule has 1 heterocycles. The Morgan fingerprint density at radius 2 is 1.78 bits per heavy atom. The fraction of sp³-hybridized carbons (Fsp3) is 0.333. The van der Waals surface area contributed by atoms with E-state index in [1.807, 2.05) is 38.1 Å². The fourth-order valence-electron chi connectivity index (χ4n) is 3.79. The van der Waals surface area contributed by atoms with Gasteiger partial charge in [-0.15, -0.1) is 0 Å². The van der Waals surface area contributed by atoms with Crippen LogP contribution in [0.5, 0.6) is 5.75 Å². The Hall–Kier alpha value is -2.86. The molecule has 2 aromatic carbocycles. The predicted octanol–water partition coefficient (Wildman–Crippen LogP) is 1.92. The largest absolute Gasteiger partial charge is 0.508 e. The summed E-state index contributed by atoms with van der Waals surface area (Å²) < 4.78 is 0. The lowest BCUT2D eigenvalue weighted by Crippen LogP contribution is -2.54. The Morgan fingerprint density at radius 3 is 2.37 bits per heavy atom. The van der Waals surface area contributed by atoms with Gasteiger partial charge in [0.2, 0.25) is 5.91 Å². The van der Waals surface area contributed by atoms with E-state index in [9.17, 15) is 19.8 Å². The molecular formula is C21H24N2O4. The summed E-state index contributed by atoms with van der Waals surface area (Å²) in [5.74, 6) is -1.22. The second-order valence-electron chi connectivity index (χ2n) is 7.16. The highest BCUT2D eigenvalue weighted by molar-refractivity contribution is 5.88. The number of carbonyl (C=O) groups is 2. The molecule has 1 amide bonds. The van der Waals surface area contributed by atoms with Crippen molar-refractivity contribution >= 4 is 11.9 Å². The number of aromatic hydroxyl groups is 1. The van der Waals surface area contributed by atoms with Crippen LogP contribution < -0.4 is 5.73 Å². The van der Waals surface area contributed by atoms with Crippen molar-refractivity contribution in [2.75, 3.05) is 0 Å². The van der Waals surface area contributed by atoms with Gasteiger partial charge in [0.15, 0.2) is 0 Å². The summed E-state index contributed by atoms with van der Waals surface area (Å²) in [6, 6.07) is 9.07. The third-order valence-electron chi connectivity index (χ3n) is 5.24. The van der Waals surface area contributed by atoms with E-state index in [0.717, 1.165) is 27.8 Å². The van der Waals surface area contributed by atoms with Crippen molar-refractivity contribution in [3.8, 4) is 5.75 Å². The molecule has 3 rings (SSSR count). The van der Waals surface area contributed by atoms with Crippen molar-refractivity contribution in [2.24, 2.45) is 5.73 Å². The lowest BCUT2D eigenvalue weighted by molar-refractivity contribution is -0.152. The molecule has 1 unspecified atom stereocenters. The molecule has 0 spiro atoms. The van der Waals surface area contributed by atoms with Gasteiger partial charge in [-0.25, -0.2) is 4.79 Å². The SMILES string of the molecule is Cc1cc(O)cc(C)c1CC(N)C(=O)N1Cc2ccccc2C[C@H]1C(=O)O. The number of carboxylic acids is 1. The molecule has 2 aromatic rings. The number of nitrogens with zero attached hydrogens (tertiary/aromatic N) is 1. The summed E-state index contributed by atoms with van der Waals surface area (Å²) in [4.78, 5) is 26.1. The molecular weight excluding hydrogens is 344 g/mol. The van der Waals surface area contributed by atoms with Crippen molar-refractivity contribution in [2.45, 2.75) is 45.3 Å². The van der Waals surface area contributed by atoms with Gasteiger partial charge in [0, 0.05) is 13.0 Å². The van der Waals surface area contributed by atoms with Gasteiger partial charge in [-0.2, -0.15) is 0 Å². The predicted molar refractivity (Wildman–Crippen MR) is 101 cm³/mol. The monoisotopic (exact) mass is 368 g/mol. The van der Waals surface area contributed by atoms with Crippen molar-refractivity contribution in [1.82, 2.24) is 4.90 Å². The Bertz CT molecular complexity index is 870. The van der Waals surface area contributed by atoms with Crippen LogP contribution in [0.15, 0.2) is 36.4 Å². The molecule has 0 fully saturated rings. The van der Waals surface area contributed by atoms with E-state index >= 15 is 0 Å². The van der Waals surface area contributed by atoms with E-state index in [1.165, 1.54) is 4.90 Å². The highest BCUT2D eigenvalue weighted by Gasteiger charge is 2.36. The number of hydrogen-bond acceptors (Lipinski definition) is 4. The molecule has 6 nitrogen and oxygen atoms in total. The first kappa shape index (κ1) is 18.9. The van der Waals surface area contributed by atoms with Crippen LogP contribution in [0, 0.1) is 13.8 Å².